The van der Waals surface area contributed by atoms with Crippen LogP contribution < -0.4 is 0 Å². The molecule has 2 atom stereocenters. The number of aromatic amines is 1. The van der Waals surface area contributed by atoms with E-state index in [1.54, 1.807) is 13.0 Å². The minimum absolute atomic E-state index is 0.00709. The van der Waals surface area contributed by atoms with Gasteiger partial charge in [0.2, 0.25) is 0 Å². The first-order valence-electron chi connectivity index (χ1n) is 9.49. The van der Waals surface area contributed by atoms with Crippen LogP contribution in [0.1, 0.15) is 35.3 Å². The monoisotopic (exact) mass is 388 g/mol. The molecule has 2 N–H and O–H groups in total. The van der Waals surface area contributed by atoms with E-state index in [1.165, 1.54) is 24.3 Å². The molecular formula is C22H23F3N2O. The molecule has 6 heteroatoms. The van der Waals surface area contributed by atoms with Gasteiger partial charge in [-0.05, 0) is 60.7 Å². The molecule has 148 valence electrons. The Morgan fingerprint density at radius 2 is 1.89 bits per heavy atom. The third kappa shape index (κ3) is 3.20. The smallest absolute Gasteiger partial charge is 0.131 e. The summed E-state index contributed by atoms with van der Waals surface area (Å²) in [4.78, 5) is 5.27. The molecule has 2 unspecified atom stereocenters. The van der Waals surface area contributed by atoms with E-state index in [2.05, 4.69) is 4.98 Å². The topological polar surface area (TPSA) is 39.3 Å². The maximum atomic E-state index is 14.9. The standard InChI is InChI=1S/C22H23F3N2O/c1-12-7-17(24)20(18(25)8-12)22-21-15(5-6-27(22)10-13(2)11-28)16-9-14(23)3-4-19(16)26-21/h3-4,7-9,13,22,26,28H,5-6,10-11H2,1-2H3. The van der Waals surface area contributed by atoms with E-state index in [-0.39, 0.29) is 23.9 Å². The van der Waals surface area contributed by atoms with Gasteiger partial charge in [-0.3, -0.25) is 4.90 Å². The van der Waals surface area contributed by atoms with Crippen molar-refractivity contribution in [2.24, 2.45) is 5.92 Å². The number of hydrogen-bond donors (Lipinski definition) is 2. The summed E-state index contributed by atoms with van der Waals surface area (Å²) < 4.78 is 43.6. The number of nitrogens with zero attached hydrogens (tertiary/aromatic N) is 1. The van der Waals surface area contributed by atoms with E-state index < -0.39 is 17.7 Å². The summed E-state index contributed by atoms with van der Waals surface area (Å²) in [7, 11) is 0. The Hall–Kier alpha value is -2.31. The lowest BCUT2D eigenvalue weighted by molar-refractivity contribution is 0.140. The van der Waals surface area contributed by atoms with E-state index in [0.717, 1.165) is 16.5 Å². The van der Waals surface area contributed by atoms with E-state index in [1.807, 2.05) is 11.8 Å². The number of rotatable bonds is 4. The summed E-state index contributed by atoms with van der Waals surface area (Å²) in [6.45, 7) is 4.61. The number of aromatic nitrogens is 1. The number of benzene rings is 2. The van der Waals surface area contributed by atoms with Crippen LogP contribution in [0.3, 0.4) is 0 Å². The number of aryl methyl sites for hydroxylation is 1. The highest BCUT2D eigenvalue weighted by Gasteiger charge is 2.35. The van der Waals surface area contributed by atoms with E-state index in [9.17, 15) is 18.3 Å². The first-order valence-corrected chi connectivity index (χ1v) is 9.49. The van der Waals surface area contributed by atoms with Crippen molar-refractivity contribution in [3.05, 3.63) is 70.2 Å². The Morgan fingerprint density at radius 1 is 1.18 bits per heavy atom. The number of aliphatic hydroxyl groups is 1. The van der Waals surface area contributed by atoms with Gasteiger partial charge in [0.05, 0.1) is 6.04 Å². The maximum absolute atomic E-state index is 14.9. The minimum atomic E-state index is -0.659. The normalized spacial score (nSPS) is 18.4. The quantitative estimate of drug-likeness (QED) is 0.692. The summed E-state index contributed by atoms with van der Waals surface area (Å²) in [5, 5.41) is 10.2. The van der Waals surface area contributed by atoms with Gasteiger partial charge < -0.3 is 10.1 Å². The lowest BCUT2D eigenvalue weighted by Crippen LogP contribution is -2.40. The Morgan fingerprint density at radius 3 is 2.57 bits per heavy atom. The molecule has 0 radical (unpaired) electrons. The molecule has 2 heterocycles. The second kappa shape index (κ2) is 7.26. The van der Waals surface area contributed by atoms with E-state index >= 15 is 0 Å². The molecule has 0 fully saturated rings. The Balaban J connectivity index is 1.92. The van der Waals surface area contributed by atoms with Gasteiger partial charge in [-0.1, -0.05) is 6.92 Å². The molecule has 0 bridgehead atoms. The molecule has 1 aromatic heterocycles. The van der Waals surface area contributed by atoms with Gasteiger partial charge in [-0.25, -0.2) is 13.2 Å². The predicted octanol–water partition coefficient (Wildman–Crippen LogP) is 4.47. The number of nitrogens with one attached hydrogen (secondary N) is 1. The minimum Gasteiger partial charge on any atom is -0.396 e. The average molecular weight is 388 g/mol. The molecule has 4 rings (SSSR count). The average Bonchev–Trinajstić information content (AvgIpc) is 3.00. The van der Waals surface area contributed by atoms with Gasteiger partial charge in [0.15, 0.2) is 0 Å². The Bertz CT molecular complexity index is 1010. The molecule has 0 spiro atoms. The van der Waals surface area contributed by atoms with Crippen molar-refractivity contribution in [1.29, 1.82) is 0 Å². The zero-order chi connectivity index (χ0) is 20.0. The second-order valence-electron chi connectivity index (χ2n) is 7.78. The van der Waals surface area contributed by atoms with E-state index in [0.29, 0.717) is 30.8 Å². The molecule has 3 aromatic rings. The van der Waals surface area contributed by atoms with Gasteiger partial charge in [0.25, 0.3) is 0 Å². The van der Waals surface area contributed by atoms with Crippen molar-refractivity contribution < 1.29 is 18.3 Å². The lowest BCUT2D eigenvalue weighted by Gasteiger charge is -2.37. The fraction of sp³-hybridized carbons (Fsp3) is 0.364. The van der Waals surface area contributed by atoms with Crippen LogP contribution in [-0.2, 0) is 6.42 Å². The third-order valence-corrected chi connectivity index (χ3v) is 5.54. The predicted molar refractivity (Wildman–Crippen MR) is 103 cm³/mol. The molecule has 2 aromatic carbocycles. The Kier molecular flexibility index (Phi) is 4.93. The number of hydrogen-bond acceptors (Lipinski definition) is 2. The van der Waals surface area contributed by atoms with Crippen LogP contribution in [0.2, 0.25) is 0 Å². The zero-order valence-electron chi connectivity index (χ0n) is 15.9. The molecule has 0 amide bonds. The second-order valence-corrected chi connectivity index (χ2v) is 7.78. The Labute approximate surface area is 161 Å². The van der Waals surface area contributed by atoms with Crippen LogP contribution in [0.15, 0.2) is 30.3 Å². The van der Waals surface area contributed by atoms with Crippen LogP contribution in [0, 0.1) is 30.3 Å². The summed E-state index contributed by atoms with van der Waals surface area (Å²) in [5.74, 6) is -1.57. The SMILES string of the molecule is Cc1cc(F)c(C2c3[nH]c4ccc(F)cc4c3CCN2CC(C)CO)c(F)c1. The number of fused-ring (bicyclic) bond motifs is 3. The zero-order valence-corrected chi connectivity index (χ0v) is 15.9. The molecule has 3 nitrogen and oxygen atoms in total. The van der Waals surface area contributed by atoms with Crippen LogP contribution in [0.5, 0.6) is 0 Å². The van der Waals surface area contributed by atoms with Crippen molar-refractivity contribution in [3.63, 3.8) is 0 Å². The molecule has 28 heavy (non-hydrogen) atoms. The highest BCUT2D eigenvalue weighted by molar-refractivity contribution is 5.85. The van der Waals surface area contributed by atoms with Crippen LogP contribution in [0.4, 0.5) is 13.2 Å². The van der Waals surface area contributed by atoms with E-state index in [4.69, 9.17) is 0 Å². The fourth-order valence-corrected chi connectivity index (χ4v) is 4.26. The van der Waals surface area contributed by atoms with Crippen LogP contribution in [0.25, 0.3) is 10.9 Å². The van der Waals surface area contributed by atoms with Gasteiger partial charge in [0, 0.05) is 41.9 Å². The van der Waals surface area contributed by atoms with Crippen molar-refractivity contribution in [2.45, 2.75) is 26.3 Å². The van der Waals surface area contributed by atoms with Gasteiger partial charge in [-0.2, -0.15) is 0 Å². The number of halogens is 3. The first kappa shape index (κ1) is 19.0. The number of aliphatic hydroxyl groups excluding tert-OH is 1. The maximum Gasteiger partial charge on any atom is 0.131 e. The first-order chi connectivity index (χ1) is 13.4. The lowest BCUT2D eigenvalue weighted by atomic mass is 9.90. The largest absolute Gasteiger partial charge is 0.396 e. The van der Waals surface area contributed by atoms with Crippen LogP contribution >= 0.6 is 0 Å². The summed E-state index contributed by atoms with van der Waals surface area (Å²) >= 11 is 0. The molecule has 1 aliphatic rings. The van der Waals surface area contributed by atoms with Crippen molar-refractivity contribution >= 4 is 10.9 Å². The van der Waals surface area contributed by atoms with Crippen molar-refractivity contribution in [3.8, 4) is 0 Å². The molecule has 0 aliphatic carbocycles. The molecule has 1 aliphatic heterocycles. The molecular weight excluding hydrogens is 365 g/mol. The van der Waals surface area contributed by atoms with Crippen LogP contribution in [-0.4, -0.2) is 34.7 Å². The highest BCUT2D eigenvalue weighted by Crippen LogP contribution is 2.40. The van der Waals surface area contributed by atoms with Gasteiger partial charge >= 0.3 is 0 Å². The summed E-state index contributed by atoms with van der Waals surface area (Å²) in [6.07, 6.45) is 0.641. The van der Waals surface area contributed by atoms with Gasteiger partial charge in [-0.15, -0.1) is 0 Å². The van der Waals surface area contributed by atoms with Crippen molar-refractivity contribution in [1.82, 2.24) is 9.88 Å². The van der Waals surface area contributed by atoms with Gasteiger partial charge in [0.1, 0.15) is 17.5 Å². The summed E-state index contributed by atoms with van der Waals surface area (Å²) in [5.41, 5.74) is 2.85. The fourth-order valence-electron chi connectivity index (χ4n) is 4.26. The summed E-state index contributed by atoms with van der Waals surface area (Å²) in [6, 6.07) is 6.51. The van der Waals surface area contributed by atoms with Crippen molar-refractivity contribution in [2.75, 3.05) is 19.7 Å². The third-order valence-electron chi connectivity index (χ3n) is 5.54. The highest BCUT2D eigenvalue weighted by atomic mass is 19.1. The molecule has 0 saturated carbocycles. The number of H-pyrrole nitrogens is 1. The molecule has 0 saturated heterocycles.